The third-order valence-corrected chi connectivity index (χ3v) is 4.39. The topological polar surface area (TPSA) is 0 Å². The van der Waals surface area contributed by atoms with Gasteiger partial charge in [-0.15, -0.1) is 0 Å². The molecular weight excluding hydrogens is 251 g/mol. The van der Waals surface area contributed by atoms with Gasteiger partial charge in [-0.3, -0.25) is 0 Å². The van der Waals surface area contributed by atoms with Crippen LogP contribution in [-0.2, 0) is 0 Å². The van der Waals surface area contributed by atoms with Gasteiger partial charge in [0.1, 0.15) is 0 Å². The number of rotatable bonds is 0. The van der Waals surface area contributed by atoms with E-state index in [1.54, 1.807) is 0 Å². The summed E-state index contributed by atoms with van der Waals surface area (Å²) in [5.41, 5.74) is 1.41. The molecule has 0 spiro atoms. The van der Waals surface area contributed by atoms with Crippen LogP contribution < -0.4 is 0 Å². The Morgan fingerprint density at radius 3 is 2.50 bits per heavy atom. The van der Waals surface area contributed by atoms with E-state index in [0.717, 1.165) is 0 Å². The standard InChI is InChI=1S/C8H9.3CH3.Sn/c1-2-8-6-4-3-5-7-8;;;;/h6H,3-5,7H2;3*1H3;. The zero-order chi connectivity index (χ0) is 9.03. The zero-order valence-corrected chi connectivity index (χ0v) is 11.3. The first kappa shape index (κ1) is 10.2. The van der Waals surface area contributed by atoms with Crippen molar-refractivity contribution in [3.8, 4) is 9.86 Å². The van der Waals surface area contributed by atoms with Crippen molar-refractivity contribution in [1.29, 1.82) is 0 Å². The van der Waals surface area contributed by atoms with E-state index < -0.39 is 18.4 Å². The summed E-state index contributed by atoms with van der Waals surface area (Å²) in [4.78, 5) is 7.10. The molecule has 0 aromatic heterocycles. The predicted octanol–water partition coefficient (Wildman–Crippen LogP) is 3.37. The summed E-state index contributed by atoms with van der Waals surface area (Å²) < 4.78 is 3.48. The van der Waals surface area contributed by atoms with Crippen LogP contribution in [-0.4, -0.2) is 18.4 Å². The summed E-state index contributed by atoms with van der Waals surface area (Å²) in [7, 11) is 0. The Morgan fingerprint density at radius 1 is 1.25 bits per heavy atom. The molecule has 0 aromatic carbocycles. The van der Waals surface area contributed by atoms with Crippen LogP contribution in [0, 0.1) is 9.86 Å². The normalized spacial score (nSPS) is 17.8. The fourth-order valence-corrected chi connectivity index (χ4v) is 2.75. The molecule has 0 unspecified atom stereocenters. The fourth-order valence-electron chi connectivity index (χ4n) is 1.22. The molecule has 0 aromatic rings. The molecule has 0 fully saturated rings. The van der Waals surface area contributed by atoms with Crippen molar-refractivity contribution in [2.45, 2.75) is 40.5 Å². The summed E-state index contributed by atoms with van der Waals surface area (Å²) in [5, 5.41) is 0. The molecule has 0 heterocycles. The maximum atomic E-state index is 3.48. The van der Waals surface area contributed by atoms with Crippen LogP contribution >= 0.6 is 0 Å². The van der Waals surface area contributed by atoms with Crippen LogP contribution in [0.3, 0.4) is 0 Å². The van der Waals surface area contributed by atoms with Crippen LogP contribution in [0.15, 0.2) is 11.6 Å². The second-order valence-corrected chi connectivity index (χ2v) is 18.0. The molecule has 0 radical (unpaired) electrons. The number of hydrogen-bond acceptors (Lipinski definition) is 0. The van der Waals surface area contributed by atoms with E-state index in [1.165, 1.54) is 31.3 Å². The van der Waals surface area contributed by atoms with Crippen LogP contribution in [0.2, 0.25) is 14.8 Å². The average Bonchev–Trinajstić information content (AvgIpc) is 2.02. The average molecular weight is 269 g/mol. The fraction of sp³-hybridized carbons (Fsp3) is 0.636. The summed E-state index contributed by atoms with van der Waals surface area (Å²) in [6, 6.07) is 0. The first-order valence-electron chi connectivity index (χ1n) is 4.80. The Kier molecular flexibility index (Phi) is 3.71. The van der Waals surface area contributed by atoms with E-state index >= 15 is 0 Å². The van der Waals surface area contributed by atoms with E-state index in [2.05, 4.69) is 30.8 Å². The van der Waals surface area contributed by atoms with Crippen molar-refractivity contribution in [2.24, 2.45) is 0 Å². The Morgan fingerprint density at radius 2 is 2.00 bits per heavy atom. The zero-order valence-electron chi connectivity index (χ0n) is 8.41. The molecule has 1 aliphatic carbocycles. The van der Waals surface area contributed by atoms with Crippen LogP contribution in [0.5, 0.6) is 0 Å². The molecule has 0 aliphatic heterocycles. The van der Waals surface area contributed by atoms with Crippen molar-refractivity contribution >= 4 is 18.4 Å². The van der Waals surface area contributed by atoms with Crippen LogP contribution in [0.4, 0.5) is 0 Å². The minimum absolute atomic E-state index is 1.23. The maximum absolute atomic E-state index is 3.48. The minimum atomic E-state index is -1.81. The van der Waals surface area contributed by atoms with E-state index in [1.807, 2.05) is 0 Å². The van der Waals surface area contributed by atoms with E-state index in [9.17, 15) is 0 Å². The van der Waals surface area contributed by atoms with Gasteiger partial charge in [0.25, 0.3) is 0 Å². The van der Waals surface area contributed by atoms with Gasteiger partial charge in [0, 0.05) is 0 Å². The molecule has 0 bridgehead atoms. The van der Waals surface area contributed by atoms with Crippen molar-refractivity contribution in [3.05, 3.63) is 11.6 Å². The second kappa shape index (κ2) is 4.37. The molecule has 1 rings (SSSR count). The van der Waals surface area contributed by atoms with Gasteiger partial charge in [-0.2, -0.15) is 0 Å². The first-order valence-corrected chi connectivity index (χ1v) is 14.8. The third kappa shape index (κ3) is 4.21. The van der Waals surface area contributed by atoms with Gasteiger partial charge < -0.3 is 0 Å². The molecule has 0 nitrogen and oxygen atoms in total. The SMILES string of the molecule is [CH3][Sn]([CH3])([CH3])[C]#CC1=CCCCC1. The van der Waals surface area contributed by atoms with E-state index in [-0.39, 0.29) is 0 Å². The Hall–Kier alpha value is 0.0987. The van der Waals surface area contributed by atoms with E-state index in [4.69, 9.17) is 0 Å². The molecule has 0 atom stereocenters. The van der Waals surface area contributed by atoms with Gasteiger partial charge in [0.15, 0.2) is 0 Å². The van der Waals surface area contributed by atoms with Crippen molar-refractivity contribution in [2.75, 3.05) is 0 Å². The first-order chi connectivity index (χ1) is 5.58. The predicted molar refractivity (Wildman–Crippen MR) is 57.7 cm³/mol. The molecule has 0 N–H and O–H groups in total. The van der Waals surface area contributed by atoms with Crippen molar-refractivity contribution in [1.82, 2.24) is 0 Å². The molecular formula is C11H18Sn. The quantitative estimate of drug-likeness (QED) is 0.467. The van der Waals surface area contributed by atoms with Gasteiger partial charge in [-0.05, 0) is 0 Å². The van der Waals surface area contributed by atoms with Crippen LogP contribution in [0.25, 0.3) is 0 Å². The van der Waals surface area contributed by atoms with E-state index in [0.29, 0.717) is 0 Å². The number of allylic oxidation sites excluding steroid dienone is 2. The molecule has 0 saturated heterocycles. The van der Waals surface area contributed by atoms with Crippen molar-refractivity contribution < 1.29 is 0 Å². The summed E-state index contributed by atoms with van der Waals surface area (Å²) >= 11 is -1.81. The molecule has 1 heteroatoms. The van der Waals surface area contributed by atoms with Crippen molar-refractivity contribution in [3.63, 3.8) is 0 Å². The molecule has 12 heavy (non-hydrogen) atoms. The monoisotopic (exact) mass is 270 g/mol. The van der Waals surface area contributed by atoms with Gasteiger partial charge in [0.2, 0.25) is 0 Å². The van der Waals surface area contributed by atoms with Gasteiger partial charge >= 0.3 is 80.4 Å². The number of hydrogen-bond donors (Lipinski definition) is 0. The Labute approximate surface area is 80.3 Å². The second-order valence-electron chi connectivity index (χ2n) is 4.48. The van der Waals surface area contributed by atoms with Gasteiger partial charge in [0.05, 0.1) is 0 Å². The van der Waals surface area contributed by atoms with Crippen LogP contribution in [0.1, 0.15) is 25.7 Å². The molecule has 0 saturated carbocycles. The Balaban J connectivity index is 2.58. The summed E-state index contributed by atoms with van der Waals surface area (Å²) in [6.45, 7) is 0. The Bertz CT molecular complexity index is 232. The molecule has 66 valence electrons. The third-order valence-electron chi connectivity index (χ3n) is 1.89. The summed E-state index contributed by atoms with van der Waals surface area (Å²) in [5.74, 6) is 3.37. The summed E-state index contributed by atoms with van der Waals surface area (Å²) in [6.07, 6.45) is 7.52. The van der Waals surface area contributed by atoms with Gasteiger partial charge in [-0.1, -0.05) is 0 Å². The molecule has 0 amide bonds. The molecule has 1 aliphatic rings. The van der Waals surface area contributed by atoms with Gasteiger partial charge in [-0.25, -0.2) is 0 Å².